The minimum atomic E-state index is -0.410. The van der Waals surface area contributed by atoms with Crippen molar-refractivity contribution in [1.29, 1.82) is 0 Å². The molecule has 1 heterocycles. The summed E-state index contributed by atoms with van der Waals surface area (Å²) in [5.41, 5.74) is 4.48. The quantitative estimate of drug-likeness (QED) is 0.454. The van der Waals surface area contributed by atoms with Crippen LogP contribution in [0.2, 0.25) is 0 Å². The molecule has 0 spiro atoms. The number of nitrogens with zero attached hydrogens (tertiary/aromatic N) is 3. The summed E-state index contributed by atoms with van der Waals surface area (Å²) in [5.74, 6) is -0.163. The molecule has 1 N–H and O–H groups in total. The van der Waals surface area contributed by atoms with E-state index in [-0.39, 0.29) is 11.6 Å². The first-order valence-electron chi connectivity index (χ1n) is 9.51. The van der Waals surface area contributed by atoms with Crippen LogP contribution in [0.25, 0.3) is 0 Å². The van der Waals surface area contributed by atoms with Gasteiger partial charge < -0.3 is 10.1 Å². The first-order valence-corrected chi connectivity index (χ1v) is 9.51. The van der Waals surface area contributed by atoms with Crippen LogP contribution in [-0.4, -0.2) is 27.7 Å². The molecule has 0 saturated heterocycles. The summed E-state index contributed by atoms with van der Waals surface area (Å²) in [4.78, 5) is 23.1. The Morgan fingerprint density at radius 1 is 1.07 bits per heavy atom. The SMILES string of the molecule is COCc1ccc(CNC(=O)c2ccc(Cn3nc(C)c([N+](=O)[O-])c3C)cc2)cc1. The fourth-order valence-corrected chi connectivity index (χ4v) is 3.24. The Morgan fingerprint density at radius 2 is 1.67 bits per heavy atom. The monoisotopic (exact) mass is 408 g/mol. The Bertz CT molecular complexity index is 1040. The lowest BCUT2D eigenvalue weighted by Crippen LogP contribution is -2.22. The summed E-state index contributed by atoms with van der Waals surface area (Å²) < 4.78 is 6.70. The minimum absolute atomic E-state index is 0.0428. The summed E-state index contributed by atoms with van der Waals surface area (Å²) in [5, 5.41) is 18.3. The average molecular weight is 408 g/mol. The number of methoxy groups -OCH3 is 1. The Balaban J connectivity index is 1.60. The molecule has 0 unspecified atom stereocenters. The molecule has 0 saturated carbocycles. The third kappa shape index (κ3) is 4.90. The molecule has 0 fully saturated rings. The van der Waals surface area contributed by atoms with Gasteiger partial charge in [0.25, 0.3) is 5.91 Å². The number of hydrogen-bond acceptors (Lipinski definition) is 5. The molecule has 1 amide bonds. The Morgan fingerprint density at radius 3 is 2.23 bits per heavy atom. The minimum Gasteiger partial charge on any atom is -0.380 e. The van der Waals surface area contributed by atoms with E-state index in [4.69, 9.17) is 4.74 Å². The highest BCUT2D eigenvalue weighted by molar-refractivity contribution is 5.94. The average Bonchev–Trinajstić information content (AvgIpc) is 3.01. The van der Waals surface area contributed by atoms with Gasteiger partial charge >= 0.3 is 5.69 Å². The maximum atomic E-state index is 12.4. The summed E-state index contributed by atoms with van der Waals surface area (Å²) in [6.45, 7) is 4.70. The predicted molar refractivity (Wildman–Crippen MR) is 112 cm³/mol. The Kier molecular flexibility index (Phi) is 6.58. The molecule has 1 aromatic heterocycles. The van der Waals surface area contributed by atoms with Crippen molar-refractivity contribution in [2.45, 2.75) is 33.5 Å². The van der Waals surface area contributed by atoms with Crippen LogP contribution in [0.1, 0.15) is 38.4 Å². The molecular weight excluding hydrogens is 384 g/mol. The van der Waals surface area contributed by atoms with Gasteiger partial charge in [0, 0.05) is 19.2 Å². The number of nitro groups is 1. The van der Waals surface area contributed by atoms with Crippen LogP contribution in [0.5, 0.6) is 0 Å². The molecule has 156 valence electrons. The fourth-order valence-electron chi connectivity index (χ4n) is 3.24. The second-order valence-corrected chi connectivity index (χ2v) is 7.06. The molecule has 3 rings (SSSR count). The lowest BCUT2D eigenvalue weighted by molar-refractivity contribution is -0.386. The van der Waals surface area contributed by atoms with Crippen LogP contribution < -0.4 is 5.32 Å². The van der Waals surface area contributed by atoms with Crippen molar-refractivity contribution in [3.05, 3.63) is 92.3 Å². The van der Waals surface area contributed by atoms with Gasteiger partial charge in [0.15, 0.2) is 0 Å². The van der Waals surface area contributed by atoms with E-state index in [2.05, 4.69) is 10.4 Å². The molecule has 0 aliphatic carbocycles. The molecule has 8 nitrogen and oxygen atoms in total. The maximum absolute atomic E-state index is 12.4. The highest BCUT2D eigenvalue weighted by Gasteiger charge is 2.21. The summed E-state index contributed by atoms with van der Waals surface area (Å²) in [6, 6.07) is 15.0. The smallest absolute Gasteiger partial charge is 0.312 e. The molecular formula is C22H24N4O4. The molecule has 0 aliphatic heterocycles. The van der Waals surface area contributed by atoms with E-state index in [9.17, 15) is 14.9 Å². The van der Waals surface area contributed by atoms with Gasteiger partial charge in [0.2, 0.25) is 0 Å². The largest absolute Gasteiger partial charge is 0.380 e. The number of carbonyl (C=O) groups excluding carboxylic acids is 1. The molecule has 2 aromatic carbocycles. The van der Waals surface area contributed by atoms with Crippen molar-refractivity contribution in [1.82, 2.24) is 15.1 Å². The Hall–Kier alpha value is -3.52. The van der Waals surface area contributed by atoms with Crippen LogP contribution in [0.3, 0.4) is 0 Å². The highest BCUT2D eigenvalue weighted by atomic mass is 16.6. The van der Waals surface area contributed by atoms with Crippen molar-refractivity contribution >= 4 is 11.6 Å². The van der Waals surface area contributed by atoms with E-state index in [1.165, 1.54) is 0 Å². The summed E-state index contributed by atoms with van der Waals surface area (Å²) >= 11 is 0. The van der Waals surface area contributed by atoms with Gasteiger partial charge in [-0.05, 0) is 42.7 Å². The molecule has 0 aliphatic rings. The number of carbonyl (C=O) groups is 1. The normalized spacial score (nSPS) is 10.8. The standard InChI is InChI=1S/C22H24N4O4/c1-15-21(26(28)29)16(2)25(24-15)13-18-8-10-20(11-9-18)22(27)23-12-17-4-6-19(7-5-17)14-30-3/h4-11H,12-14H2,1-3H3,(H,23,27). The van der Waals surface area contributed by atoms with Crippen molar-refractivity contribution in [2.24, 2.45) is 0 Å². The van der Waals surface area contributed by atoms with Gasteiger partial charge in [0.1, 0.15) is 11.4 Å². The number of hydrogen-bond donors (Lipinski definition) is 1. The highest BCUT2D eigenvalue weighted by Crippen LogP contribution is 2.22. The van der Waals surface area contributed by atoms with E-state index < -0.39 is 4.92 Å². The first-order chi connectivity index (χ1) is 14.4. The molecule has 8 heteroatoms. The number of nitrogens with one attached hydrogen (secondary N) is 1. The van der Waals surface area contributed by atoms with Crippen LogP contribution in [0.15, 0.2) is 48.5 Å². The number of ether oxygens (including phenoxy) is 1. The van der Waals surface area contributed by atoms with Crippen LogP contribution >= 0.6 is 0 Å². The summed E-state index contributed by atoms with van der Waals surface area (Å²) in [6.07, 6.45) is 0. The zero-order valence-corrected chi connectivity index (χ0v) is 17.2. The van der Waals surface area contributed by atoms with Gasteiger partial charge in [0.05, 0.1) is 18.1 Å². The van der Waals surface area contributed by atoms with E-state index in [0.29, 0.717) is 36.6 Å². The second-order valence-electron chi connectivity index (χ2n) is 7.06. The number of aryl methyl sites for hydroxylation is 1. The van der Waals surface area contributed by atoms with Crippen LogP contribution in [0, 0.1) is 24.0 Å². The van der Waals surface area contributed by atoms with Gasteiger partial charge in [-0.2, -0.15) is 5.10 Å². The number of aromatic nitrogens is 2. The molecule has 0 atom stereocenters. The fraction of sp³-hybridized carbons (Fsp3) is 0.273. The van der Waals surface area contributed by atoms with Crippen molar-refractivity contribution in [2.75, 3.05) is 7.11 Å². The second kappa shape index (κ2) is 9.32. The van der Waals surface area contributed by atoms with Gasteiger partial charge in [-0.25, -0.2) is 0 Å². The van der Waals surface area contributed by atoms with E-state index in [0.717, 1.165) is 16.7 Å². The van der Waals surface area contributed by atoms with Gasteiger partial charge in [-0.3, -0.25) is 19.6 Å². The van der Waals surface area contributed by atoms with Crippen LogP contribution in [-0.2, 0) is 24.4 Å². The lowest BCUT2D eigenvalue weighted by Gasteiger charge is -2.08. The number of amides is 1. The Labute approximate surface area is 174 Å². The zero-order chi connectivity index (χ0) is 21.7. The molecule has 0 bridgehead atoms. The van der Waals surface area contributed by atoms with Crippen molar-refractivity contribution in [3.63, 3.8) is 0 Å². The van der Waals surface area contributed by atoms with E-state index in [1.54, 1.807) is 37.8 Å². The van der Waals surface area contributed by atoms with E-state index in [1.807, 2.05) is 36.4 Å². The molecule has 0 radical (unpaired) electrons. The molecule has 3 aromatic rings. The van der Waals surface area contributed by atoms with Crippen molar-refractivity contribution in [3.8, 4) is 0 Å². The van der Waals surface area contributed by atoms with E-state index >= 15 is 0 Å². The third-order valence-corrected chi connectivity index (χ3v) is 4.86. The third-order valence-electron chi connectivity index (χ3n) is 4.86. The maximum Gasteiger partial charge on any atom is 0.312 e. The van der Waals surface area contributed by atoms with Crippen molar-refractivity contribution < 1.29 is 14.5 Å². The lowest BCUT2D eigenvalue weighted by atomic mass is 10.1. The number of benzene rings is 2. The van der Waals surface area contributed by atoms with Gasteiger partial charge in [-0.1, -0.05) is 36.4 Å². The topological polar surface area (TPSA) is 99.3 Å². The van der Waals surface area contributed by atoms with Gasteiger partial charge in [-0.15, -0.1) is 0 Å². The summed E-state index contributed by atoms with van der Waals surface area (Å²) in [7, 11) is 1.65. The zero-order valence-electron chi connectivity index (χ0n) is 17.2. The first kappa shape index (κ1) is 21.2. The van der Waals surface area contributed by atoms with Crippen LogP contribution in [0.4, 0.5) is 5.69 Å². The predicted octanol–water partition coefficient (Wildman–Crippen LogP) is 3.53. The number of rotatable bonds is 8. The molecule has 30 heavy (non-hydrogen) atoms.